The van der Waals surface area contributed by atoms with E-state index in [0.29, 0.717) is 0 Å². The van der Waals surface area contributed by atoms with E-state index in [0.717, 1.165) is 31.7 Å². The first-order valence-corrected chi connectivity index (χ1v) is 7.14. The zero-order chi connectivity index (χ0) is 14.7. The number of alkyl halides is 2. The first-order chi connectivity index (χ1) is 10.2. The molecular weight excluding hydrogens is 270 g/mol. The second kappa shape index (κ2) is 6.22. The second-order valence-electron chi connectivity index (χ2n) is 5.27. The maximum atomic E-state index is 12.6. The lowest BCUT2D eigenvalue weighted by Crippen LogP contribution is -2.28. The van der Waals surface area contributed by atoms with Gasteiger partial charge in [0.05, 0.1) is 0 Å². The molecule has 0 atom stereocenters. The third kappa shape index (κ3) is 3.22. The minimum atomic E-state index is -2.40. The van der Waals surface area contributed by atoms with E-state index in [1.165, 1.54) is 23.4 Å². The topological polar surface area (TPSA) is 15.3 Å². The average molecular weight is 288 g/mol. The molecule has 2 nitrogen and oxygen atoms in total. The minimum Gasteiger partial charge on any atom is -0.366 e. The zero-order valence-electron chi connectivity index (χ0n) is 11.7. The molecule has 0 aliphatic carbocycles. The molecule has 0 radical (unpaired) electrons. The average Bonchev–Trinajstić information content (AvgIpc) is 2.71. The predicted molar refractivity (Wildman–Crippen MR) is 80.6 cm³/mol. The van der Waals surface area contributed by atoms with E-state index in [2.05, 4.69) is 22.3 Å². The van der Waals surface area contributed by atoms with Gasteiger partial charge in [0.2, 0.25) is 0 Å². The Bertz CT molecular complexity index is 596. The number of hydrogen-bond donors (Lipinski definition) is 1. The molecule has 2 aromatic rings. The lowest BCUT2D eigenvalue weighted by molar-refractivity contribution is 0.151. The van der Waals surface area contributed by atoms with Gasteiger partial charge in [0.15, 0.2) is 0 Å². The summed E-state index contributed by atoms with van der Waals surface area (Å²) in [4.78, 5) is 2.30. The van der Waals surface area contributed by atoms with Gasteiger partial charge in [-0.25, -0.2) is 8.78 Å². The first-order valence-electron chi connectivity index (χ1n) is 7.14. The first kappa shape index (κ1) is 14.0. The van der Waals surface area contributed by atoms with Crippen LogP contribution in [0.25, 0.3) is 0 Å². The Hall–Kier alpha value is -1.94. The molecule has 1 N–H and O–H groups in total. The van der Waals surface area contributed by atoms with Gasteiger partial charge in [0.25, 0.3) is 6.43 Å². The van der Waals surface area contributed by atoms with Crippen LogP contribution in [0, 0.1) is 0 Å². The van der Waals surface area contributed by atoms with Crippen LogP contribution >= 0.6 is 0 Å². The van der Waals surface area contributed by atoms with Gasteiger partial charge in [0.1, 0.15) is 0 Å². The molecule has 0 amide bonds. The SMILES string of the molecule is FC(F)c1ccc(CN2CCNCc3ccccc32)cc1. The number of fused-ring (bicyclic) bond motifs is 1. The molecule has 0 aromatic heterocycles. The van der Waals surface area contributed by atoms with Crippen LogP contribution in [0.1, 0.15) is 23.1 Å². The van der Waals surface area contributed by atoms with Gasteiger partial charge in [-0.2, -0.15) is 0 Å². The summed E-state index contributed by atoms with van der Waals surface area (Å²) < 4.78 is 25.2. The van der Waals surface area contributed by atoms with Crippen molar-refractivity contribution in [1.29, 1.82) is 0 Å². The smallest absolute Gasteiger partial charge is 0.263 e. The lowest BCUT2D eigenvalue weighted by Gasteiger charge is -2.24. The molecule has 3 rings (SSSR count). The number of nitrogens with one attached hydrogen (secondary N) is 1. The molecule has 0 saturated heterocycles. The lowest BCUT2D eigenvalue weighted by atomic mass is 10.1. The van der Waals surface area contributed by atoms with Crippen LogP contribution in [0.2, 0.25) is 0 Å². The van der Waals surface area contributed by atoms with Crippen molar-refractivity contribution >= 4 is 5.69 Å². The molecule has 1 aliphatic heterocycles. The van der Waals surface area contributed by atoms with E-state index in [9.17, 15) is 8.78 Å². The number of hydrogen-bond acceptors (Lipinski definition) is 2. The number of nitrogens with zero attached hydrogens (tertiary/aromatic N) is 1. The molecule has 1 heterocycles. The molecule has 0 saturated carbocycles. The molecule has 0 bridgehead atoms. The summed E-state index contributed by atoms with van der Waals surface area (Å²) in [5, 5.41) is 3.40. The number of para-hydroxylation sites is 1. The van der Waals surface area contributed by atoms with Crippen LogP contribution < -0.4 is 10.2 Å². The highest BCUT2D eigenvalue weighted by atomic mass is 19.3. The summed E-state index contributed by atoms with van der Waals surface area (Å²) in [6.45, 7) is 3.44. The van der Waals surface area contributed by atoms with Gasteiger partial charge in [-0.15, -0.1) is 0 Å². The van der Waals surface area contributed by atoms with Gasteiger partial charge in [-0.05, 0) is 17.2 Å². The zero-order valence-corrected chi connectivity index (χ0v) is 11.7. The van der Waals surface area contributed by atoms with Crippen molar-refractivity contribution in [3.05, 3.63) is 65.2 Å². The van der Waals surface area contributed by atoms with E-state index in [1.807, 2.05) is 12.1 Å². The number of rotatable bonds is 3. The Morgan fingerprint density at radius 3 is 2.57 bits per heavy atom. The molecule has 0 fully saturated rings. The van der Waals surface area contributed by atoms with Gasteiger partial charge in [0, 0.05) is 37.4 Å². The van der Waals surface area contributed by atoms with Gasteiger partial charge in [-0.3, -0.25) is 0 Å². The Morgan fingerprint density at radius 1 is 1.05 bits per heavy atom. The van der Waals surface area contributed by atoms with Crippen LogP contribution in [0.5, 0.6) is 0 Å². The van der Waals surface area contributed by atoms with Crippen LogP contribution in [-0.2, 0) is 13.1 Å². The summed E-state index contributed by atoms with van der Waals surface area (Å²) in [6.07, 6.45) is -2.40. The van der Waals surface area contributed by atoms with Crippen molar-refractivity contribution in [2.24, 2.45) is 0 Å². The second-order valence-corrected chi connectivity index (χ2v) is 5.27. The standard InChI is InChI=1S/C17H18F2N2/c18-17(19)14-7-5-13(6-8-14)12-21-10-9-20-11-15-3-1-2-4-16(15)21/h1-8,17,20H,9-12H2. The number of halogens is 2. The number of benzene rings is 2. The normalized spacial score (nSPS) is 14.9. The van der Waals surface area contributed by atoms with Crippen molar-refractivity contribution in [2.45, 2.75) is 19.5 Å². The van der Waals surface area contributed by atoms with Gasteiger partial charge in [-0.1, -0.05) is 42.5 Å². The summed E-state index contributed by atoms with van der Waals surface area (Å²) >= 11 is 0. The maximum absolute atomic E-state index is 12.6. The van der Waals surface area contributed by atoms with Crippen LogP contribution in [0.4, 0.5) is 14.5 Å². The Labute approximate surface area is 123 Å². The molecular formula is C17H18F2N2. The van der Waals surface area contributed by atoms with E-state index >= 15 is 0 Å². The summed E-state index contributed by atoms with van der Waals surface area (Å²) in [5.41, 5.74) is 3.63. The third-order valence-corrected chi connectivity index (χ3v) is 3.81. The summed E-state index contributed by atoms with van der Waals surface area (Å²) in [6, 6.07) is 14.9. The van der Waals surface area contributed by atoms with Crippen molar-refractivity contribution in [1.82, 2.24) is 5.32 Å². The molecule has 2 aromatic carbocycles. The molecule has 4 heteroatoms. The highest BCUT2D eigenvalue weighted by molar-refractivity contribution is 5.54. The van der Waals surface area contributed by atoms with Gasteiger partial charge >= 0.3 is 0 Å². The molecule has 0 unspecified atom stereocenters. The fraction of sp³-hybridized carbons (Fsp3) is 0.294. The van der Waals surface area contributed by atoms with Crippen LogP contribution in [0.15, 0.2) is 48.5 Å². The van der Waals surface area contributed by atoms with Crippen molar-refractivity contribution < 1.29 is 8.78 Å². The van der Waals surface area contributed by atoms with Gasteiger partial charge < -0.3 is 10.2 Å². The van der Waals surface area contributed by atoms with Crippen LogP contribution in [0.3, 0.4) is 0 Å². The fourth-order valence-electron chi connectivity index (χ4n) is 2.68. The third-order valence-electron chi connectivity index (χ3n) is 3.81. The Kier molecular flexibility index (Phi) is 4.15. The Morgan fingerprint density at radius 2 is 1.81 bits per heavy atom. The van der Waals surface area contributed by atoms with E-state index in [-0.39, 0.29) is 5.56 Å². The number of anilines is 1. The van der Waals surface area contributed by atoms with E-state index < -0.39 is 6.43 Å². The highest BCUT2D eigenvalue weighted by Crippen LogP contribution is 2.25. The minimum absolute atomic E-state index is 0.0803. The Balaban J connectivity index is 1.81. The summed E-state index contributed by atoms with van der Waals surface area (Å²) in [5.74, 6) is 0. The fourth-order valence-corrected chi connectivity index (χ4v) is 2.68. The molecule has 21 heavy (non-hydrogen) atoms. The highest BCUT2D eigenvalue weighted by Gasteiger charge is 2.15. The van der Waals surface area contributed by atoms with Crippen molar-refractivity contribution in [3.8, 4) is 0 Å². The van der Waals surface area contributed by atoms with E-state index in [1.54, 1.807) is 12.1 Å². The molecule has 1 aliphatic rings. The van der Waals surface area contributed by atoms with E-state index in [4.69, 9.17) is 0 Å². The van der Waals surface area contributed by atoms with Crippen molar-refractivity contribution in [2.75, 3.05) is 18.0 Å². The quantitative estimate of drug-likeness (QED) is 0.925. The largest absolute Gasteiger partial charge is 0.366 e. The molecule has 0 spiro atoms. The molecule has 110 valence electrons. The maximum Gasteiger partial charge on any atom is 0.263 e. The van der Waals surface area contributed by atoms with Crippen molar-refractivity contribution in [3.63, 3.8) is 0 Å². The summed E-state index contributed by atoms with van der Waals surface area (Å²) in [7, 11) is 0. The van der Waals surface area contributed by atoms with Crippen LogP contribution in [-0.4, -0.2) is 13.1 Å². The predicted octanol–water partition coefficient (Wildman–Crippen LogP) is 3.73. The monoisotopic (exact) mass is 288 g/mol.